The zero-order chi connectivity index (χ0) is 16.4. The SMILES string of the molecule is Cc1ccc(NC(=O)CC2Oc3ccc(C)cc3NC2=O)nc1. The zero-order valence-corrected chi connectivity index (χ0v) is 12.9. The zero-order valence-electron chi connectivity index (χ0n) is 12.9. The number of benzene rings is 1. The van der Waals surface area contributed by atoms with Crippen molar-refractivity contribution >= 4 is 23.3 Å². The Balaban J connectivity index is 1.66. The molecule has 6 nitrogen and oxygen atoms in total. The summed E-state index contributed by atoms with van der Waals surface area (Å²) in [5.74, 6) is 0.376. The molecule has 0 bridgehead atoms. The van der Waals surface area contributed by atoms with Crippen molar-refractivity contribution in [3.8, 4) is 5.75 Å². The third-order valence-corrected chi connectivity index (χ3v) is 3.50. The van der Waals surface area contributed by atoms with Crippen molar-refractivity contribution in [1.82, 2.24) is 4.98 Å². The number of pyridine rings is 1. The molecule has 1 atom stereocenters. The summed E-state index contributed by atoms with van der Waals surface area (Å²) in [5.41, 5.74) is 2.66. The molecule has 0 saturated carbocycles. The van der Waals surface area contributed by atoms with E-state index in [1.165, 1.54) is 0 Å². The average Bonchev–Trinajstić information content (AvgIpc) is 2.50. The molecular weight excluding hydrogens is 294 g/mol. The summed E-state index contributed by atoms with van der Waals surface area (Å²) in [6, 6.07) is 9.08. The van der Waals surface area contributed by atoms with E-state index in [4.69, 9.17) is 4.74 Å². The molecule has 2 amide bonds. The molecule has 1 aliphatic rings. The van der Waals surface area contributed by atoms with E-state index in [-0.39, 0.29) is 18.2 Å². The van der Waals surface area contributed by atoms with Crippen LogP contribution < -0.4 is 15.4 Å². The predicted molar refractivity (Wildman–Crippen MR) is 86.4 cm³/mol. The molecule has 1 unspecified atom stereocenters. The monoisotopic (exact) mass is 311 g/mol. The topological polar surface area (TPSA) is 80.3 Å². The number of carbonyl (C=O) groups excluding carboxylic acids is 2. The van der Waals surface area contributed by atoms with Gasteiger partial charge in [-0.3, -0.25) is 9.59 Å². The third kappa shape index (κ3) is 3.48. The fraction of sp³-hybridized carbons (Fsp3) is 0.235. The van der Waals surface area contributed by atoms with Crippen LogP contribution in [0.3, 0.4) is 0 Å². The van der Waals surface area contributed by atoms with Gasteiger partial charge in [0.15, 0.2) is 6.10 Å². The Kier molecular flexibility index (Phi) is 3.97. The molecular formula is C17H17N3O3. The van der Waals surface area contributed by atoms with Gasteiger partial charge in [-0.2, -0.15) is 0 Å². The van der Waals surface area contributed by atoms with Crippen LogP contribution >= 0.6 is 0 Å². The molecule has 1 aromatic heterocycles. The molecule has 118 valence electrons. The Morgan fingerprint density at radius 1 is 1.26 bits per heavy atom. The highest BCUT2D eigenvalue weighted by molar-refractivity contribution is 6.01. The van der Waals surface area contributed by atoms with Gasteiger partial charge in [-0.1, -0.05) is 12.1 Å². The van der Waals surface area contributed by atoms with Gasteiger partial charge in [0.05, 0.1) is 12.1 Å². The Morgan fingerprint density at radius 3 is 2.78 bits per heavy atom. The van der Waals surface area contributed by atoms with E-state index in [0.717, 1.165) is 11.1 Å². The van der Waals surface area contributed by atoms with E-state index in [1.54, 1.807) is 18.3 Å². The first-order valence-electron chi connectivity index (χ1n) is 7.32. The van der Waals surface area contributed by atoms with Gasteiger partial charge in [-0.25, -0.2) is 4.98 Å². The van der Waals surface area contributed by atoms with Gasteiger partial charge in [0.2, 0.25) is 5.91 Å². The molecule has 0 spiro atoms. The standard InChI is InChI=1S/C17H17N3O3/c1-10-3-5-13-12(7-10)19-17(22)14(23-13)8-16(21)20-15-6-4-11(2)9-18-15/h3-7,9,14H,8H2,1-2H3,(H,19,22)(H,18,20,21). The van der Waals surface area contributed by atoms with E-state index in [2.05, 4.69) is 15.6 Å². The minimum Gasteiger partial charge on any atom is -0.478 e. The van der Waals surface area contributed by atoms with E-state index >= 15 is 0 Å². The second-order valence-corrected chi connectivity index (χ2v) is 5.57. The highest BCUT2D eigenvalue weighted by Crippen LogP contribution is 2.31. The second-order valence-electron chi connectivity index (χ2n) is 5.57. The van der Waals surface area contributed by atoms with Crippen LogP contribution in [0.4, 0.5) is 11.5 Å². The van der Waals surface area contributed by atoms with Gasteiger partial charge >= 0.3 is 0 Å². The van der Waals surface area contributed by atoms with Crippen LogP contribution in [0.25, 0.3) is 0 Å². The number of carbonyl (C=O) groups is 2. The maximum atomic E-state index is 12.1. The van der Waals surface area contributed by atoms with Gasteiger partial charge in [0, 0.05) is 6.20 Å². The summed E-state index contributed by atoms with van der Waals surface area (Å²) in [7, 11) is 0. The lowest BCUT2D eigenvalue weighted by Crippen LogP contribution is -2.39. The molecule has 2 aromatic rings. The van der Waals surface area contributed by atoms with Crippen LogP contribution in [0, 0.1) is 13.8 Å². The number of anilines is 2. The molecule has 0 radical (unpaired) electrons. The maximum Gasteiger partial charge on any atom is 0.266 e. The molecule has 6 heteroatoms. The number of ether oxygens (including phenoxy) is 1. The number of fused-ring (bicyclic) bond motifs is 1. The fourth-order valence-corrected chi connectivity index (χ4v) is 2.30. The Morgan fingerprint density at radius 2 is 2.04 bits per heavy atom. The lowest BCUT2D eigenvalue weighted by Gasteiger charge is -2.25. The highest BCUT2D eigenvalue weighted by atomic mass is 16.5. The van der Waals surface area contributed by atoms with Crippen LogP contribution in [0.1, 0.15) is 17.5 Å². The molecule has 0 aliphatic carbocycles. The van der Waals surface area contributed by atoms with Crippen LogP contribution in [0.15, 0.2) is 36.5 Å². The quantitative estimate of drug-likeness (QED) is 0.912. The first-order chi connectivity index (χ1) is 11.0. The highest BCUT2D eigenvalue weighted by Gasteiger charge is 2.29. The van der Waals surface area contributed by atoms with Gasteiger partial charge < -0.3 is 15.4 Å². The van der Waals surface area contributed by atoms with Crippen molar-refractivity contribution < 1.29 is 14.3 Å². The van der Waals surface area contributed by atoms with Gasteiger partial charge in [-0.05, 0) is 43.2 Å². The van der Waals surface area contributed by atoms with Crippen molar-refractivity contribution in [3.63, 3.8) is 0 Å². The normalized spacial score (nSPS) is 16.1. The summed E-state index contributed by atoms with van der Waals surface area (Å²) < 4.78 is 5.63. The van der Waals surface area contributed by atoms with E-state index in [9.17, 15) is 9.59 Å². The minimum absolute atomic E-state index is 0.0747. The van der Waals surface area contributed by atoms with Crippen molar-refractivity contribution in [3.05, 3.63) is 47.7 Å². The number of rotatable bonds is 3. The summed E-state index contributed by atoms with van der Waals surface area (Å²) in [5, 5.41) is 5.43. The lowest BCUT2D eigenvalue weighted by molar-refractivity contribution is -0.128. The van der Waals surface area contributed by atoms with E-state index in [1.807, 2.05) is 32.0 Å². The molecule has 23 heavy (non-hydrogen) atoms. The molecule has 1 aliphatic heterocycles. The first kappa shape index (κ1) is 15.0. The summed E-state index contributed by atoms with van der Waals surface area (Å²) in [6.07, 6.45) is 0.739. The number of nitrogens with one attached hydrogen (secondary N) is 2. The lowest BCUT2D eigenvalue weighted by atomic mass is 10.1. The third-order valence-electron chi connectivity index (χ3n) is 3.50. The van der Waals surface area contributed by atoms with Gasteiger partial charge in [0.1, 0.15) is 11.6 Å². The number of amides is 2. The van der Waals surface area contributed by atoms with E-state index in [0.29, 0.717) is 17.3 Å². The number of hydrogen-bond donors (Lipinski definition) is 2. The van der Waals surface area contributed by atoms with Gasteiger partial charge in [0.25, 0.3) is 5.91 Å². The molecule has 1 aromatic carbocycles. The molecule has 2 heterocycles. The molecule has 0 fully saturated rings. The van der Waals surface area contributed by atoms with Crippen LogP contribution in [-0.2, 0) is 9.59 Å². The molecule has 3 rings (SSSR count). The smallest absolute Gasteiger partial charge is 0.266 e. The average molecular weight is 311 g/mol. The van der Waals surface area contributed by atoms with Crippen molar-refractivity contribution in [2.75, 3.05) is 10.6 Å². The Hall–Kier alpha value is -2.89. The summed E-state index contributed by atoms with van der Waals surface area (Å²) in [6.45, 7) is 3.85. The van der Waals surface area contributed by atoms with Crippen molar-refractivity contribution in [2.24, 2.45) is 0 Å². The largest absolute Gasteiger partial charge is 0.478 e. The Bertz CT molecular complexity index is 756. The van der Waals surface area contributed by atoms with Crippen LogP contribution in [0.2, 0.25) is 0 Å². The first-order valence-corrected chi connectivity index (χ1v) is 7.32. The fourth-order valence-electron chi connectivity index (χ4n) is 2.30. The van der Waals surface area contributed by atoms with Crippen LogP contribution in [-0.4, -0.2) is 22.9 Å². The number of nitrogens with zero attached hydrogens (tertiary/aromatic N) is 1. The summed E-state index contributed by atoms with van der Waals surface area (Å²) in [4.78, 5) is 28.2. The van der Waals surface area contributed by atoms with Crippen molar-refractivity contribution in [2.45, 2.75) is 26.4 Å². The van der Waals surface area contributed by atoms with Crippen molar-refractivity contribution in [1.29, 1.82) is 0 Å². The maximum absolute atomic E-state index is 12.1. The minimum atomic E-state index is -0.851. The molecule has 0 saturated heterocycles. The van der Waals surface area contributed by atoms with E-state index < -0.39 is 6.10 Å². The predicted octanol–water partition coefficient (Wildman–Crippen LogP) is 2.43. The summed E-state index contributed by atoms with van der Waals surface area (Å²) >= 11 is 0. The number of hydrogen-bond acceptors (Lipinski definition) is 4. The van der Waals surface area contributed by atoms with Crippen LogP contribution in [0.5, 0.6) is 5.75 Å². The Labute approximate surface area is 133 Å². The second kappa shape index (κ2) is 6.08. The van der Waals surface area contributed by atoms with Gasteiger partial charge in [-0.15, -0.1) is 0 Å². The number of aryl methyl sites for hydroxylation is 2. The molecule has 2 N–H and O–H groups in total. The number of aromatic nitrogens is 1.